The lowest BCUT2D eigenvalue weighted by atomic mass is 9.44. The summed E-state index contributed by atoms with van der Waals surface area (Å²) in [5, 5.41) is 18.5. The van der Waals surface area contributed by atoms with Crippen LogP contribution in [0.15, 0.2) is 24.3 Å². The molecule has 2 unspecified atom stereocenters. The molecule has 0 spiro atoms. The Kier molecular flexibility index (Phi) is 27.8. The largest absolute Gasteiger partial charge is 0.508 e. The molecule has 4 fully saturated rings. The van der Waals surface area contributed by atoms with Gasteiger partial charge in [-0.25, -0.2) is 4.79 Å². The molecule has 1 aromatic carbocycles. The van der Waals surface area contributed by atoms with E-state index in [4.69, 9.17) is 21.9 Å². The second-order valence-corrected chi connectivity index (χ2v) is 27.4. The molecule has 4 aliphatic carbocycles. The smallest absolute Gasteiger partial charge is 0.407 e. The molecule has 0 aliphatic heterocycles. The van der Waals surface area contributed by atoms with Gasteiger partial charge in [-0.05, 0) is 211 Å². The number of nitrogens with one attached hydrogen (secondary N) is 3. The Morgan fingerprint density at radius 3 is 1.98 bits per heavy atom. The minimum Gasteiger partial charge on any atom is -0.508 e. The highest BCUT2D eigenvalue weighted by Gasteiger charge is 2.61. The van der Waals surface area contributed by atoms with E-state index in [1.165, 1.54) is 82.2 Å². The number of primary amides is 1. The monoisotopic (exact) mass is 1160 g/mol. The van der Waals surface area contributed by atoms with Crippen LogP contribution in [0.3, 0.4) is 0 Å². The number of aromatic hydroxyl groups is 1. The second kappa shape index (κ2) is 33.4. The Bertz CT molecular complexity index is 2270. The molecule has 4 amide bonds. The molecular weight excluding hydrogens is 1060 g/mol. The number of phenolic OH excluding ortho intramolecular Hbond substituents is 1. The van der Waals surface area contributed by atoms with Crippen LogP contribution in [0.5, 0.6) is 5.75 Å². The lowest BCUT2D eigenvalue weighted by molar-refractivity contribution is -0.135. The van der Waals surface area contributed by atoms with Crippen molar-refractivity contribution in [2.75, 3.05) is 25.1 Å². The van der Waals surface area contributed by atoms with Crippen molar-refractivity contribution in [3.63, 3.8) is 0 Å². The van der Waals surface area contributed by atoms with Crippen molar-refractivity contribution >= 4 is 58.7 Å². The number of fused-ring (bicyclic) bond motifs is 5. The first kappa shape index (κ1) is 68.4. The lowest BCUT2D eigenvalue weighted by Crippen LogP contribution is -2.54. The van der Waals surface area contributed by atoms with E-state index in [1.807, 2.05) is 6.26 Å². The Morgan fingerprint density at radius 1 is 0.671 bits per heavy atom. The summed E-state index contributed by atoms with van der Waals surface area (Å²) in [6.07, 6.45) is 17.5. The SMILES string of the molecule is CSCC[C@H](NC(=O)O[C@H]1CC[C@@]2(C)C(CC[C@H]3C4CC[C@H]([C@H](C)CCCC(C)C)[C@@]4(C)CC[C@@H]32)C1)C(=O)CCC(=O)N[C@@H](Cc1ccc(O)cc1)C(=O)C[C@@H](CCC(N)=O)C(=O)N[C@@H](CCCCN)C(=O)C[C@@H](CCCCN)C(C)=O. The molecule has 0 radical (unpaired) electrons. The number of ether oxygens (including phenoxy) is 1. The van der Waals surface area contributed by atoms with Crippen molar-refractivity contribution in [2.45, 2.75) is 233 Å². The zero-order valence-electron chi connectivity index (χ0n) is 51.1. The molecule has 16 nitrogen and oxygen atoms in total. The van der Waals surface area contributed by atoms with Crippen molar-refractivity contribution in [3.8, 4) is 5.75 Å². The number of benzene rings is 1. The third-order valence-corrected chi connectivity index (χ3v) is 21.0. The molecule has 0 heterocycles. The van der Waals surface area contributed by atoms with Crippen molar-refractivity contribution < 1.29 is 48.2 Å². The number of alkyl carbamates (subject to hydrolysis) is 1. The summed E-state index contributed by atoms with van der Waals surface area (Å²) in [7, 11) is 0. The van der Waals surface area contributed by atoms with Crippen molar-refractivity contribution in [1.29, 1.82) is 0 Å². The molecule has 462 valence electrons. The zero-order chi connectivity index (χ0) is 60.1. The van der Waals surface area contributed by atoms with Crippen molar-refractivity contribution in [1.82, 2.24) is 16.0 Å². The topological polar surface area (TPSA) is 280 Å². The molecule has 17 heteroatoms. The molecular formula is C65H106N6O10S. The van der Waals surface area contributed by atoms with E-state index in [9.17, 15) is 43.5 Å². The quantitative estimate of drug-likeness (QED) is 0.0306. The number of thioether (sulfide) groups is 1. The highest BCUT2D eigenvalue weighted by molar-refractivity contribution is 7.98. The number of hydrogen-bond acceptors (Lipinski definition) is 13. The van der Waals surface area contributed by atoms with E-state index in [2.05, 4.69) is 50.6 Å². The van der Waals surface area contributed by atoms with Crippen LogP contribution in [0, 0.1) is 64.1 Å². The van der Waals surface area contributed by atoms with E-state index >= 15 is 0 Å². The maximum Gasteiger partial charge on any atom is 0.407 e. The number of amides is 4. The summed E-state index contributed by atoms with van der Waals surface area (Å²) in [6, 6.07) is 3.04. The van der Waals surface area contributed by atoms with Gasteiger partial charge in [-0.3, -0.25) is 33.6 Å². The number of carbonyl (C=O) groups excluding carboxylic acids is 8. The Hall–Kier alpha value is -4.35. The number of hydrogen-bond donors (Lipinski definition) is 7. The standard InChI is InChI=1S/C65H106N6O10S/c1-41(2)13-12-14-42(3)51-24-25-52-50-23-20-47-40-49(29-32-64(47,5)53(50)30-33-65(51,52)6)81-63(80)71-55(31-36-82-7)57(74)26-28-61(78)69-56(37-44-17-21-48(73)22-18-44)59(76)39-46(19-27-60(68)77)62(79)70-54(16-9-11-35-67)58(75)38-45(43(4)72)15-8-10-34-66/h17-18,21-22,41-42,45-47,49-56,73H,8-16,19-20,23-40,66-67H2,1-7H3,(H2,68,77)(H,69,78)(H,70,79)(H,71,80)/t42-,45-,46-,47?,49+,50+,51-,52?,53+,54+,55+,56+,64+,65-/m1/s1. The summed E-state index contributed by atoms with van der Waals surface area (Å²) in [6.45, 7) is 14.6. The van der Waals surface area contributed by atoms with Crippen LogP contribution in [-0.2, 0) is 44.7 Å². The van der Waals surface area contributed by atoms with Gasteiger partial charge in [-0.1, -0.05) is 72.4 Å². The van der Waals surface area contributed by atoms with E-state index in [1.54, 1.807) is 12.1 Å². The maximum absolute atomic E-state index is 14.4. The van der Waals surface area contributed by atoms with Gasteiger partial charge in [0.25, 0.3) is 0 Å². The van der Waals surface area contributed by atoms with Crippen LogP contribution in [0.1, 0.15) is 208 Å². The van der Waals surface area contributed by atoms with Gasteiger partial charge in [-0.2, -0.15) is 11.8 Å². The third-order valence-electron chi connectivity index (χ3n) is 20.3. The lowest BCUT2D eigenvalue weighted by Gasteiger charge is -2.61. The normalized spacial score (nSPS) is 26.1. The summed E-state index contributed by atoms with van der Waals surface area (Å²) in [4.78, 5) is 109. The fourth-order valence-corrected chi connectivity index (χ4v) is 16.0. The van der Waals surface area contributed by atoms with Gasteiger partial charge < -0.3 is 43.0 Å². The molecule has 0 saturated heterocycles. The first-order chi connectivity index (χ1) is 39.0. The van der Waals surface area contributed by atoms with Gasteiger partial charge in [0, 0.05) is 43.9 Å². The number of nitrogens with two attached hydrogens (primary N) is 3. The number of carbonyl (C=O) groups is 8. The molecule has 0 aromatic heterocycles. The number of rotatable bonds is 37. The maximum atomic E-state index is 14.4. The van der Waals surface area contributed by atoms with Gasteiger partial charge in [0.05, 0.1) is 18.1 Å². The summed E-state index contributed by atoms with van der Waals surface area (Å²) >= 11 is 1.54. The summed E-state index contributed by atoms with van der Waals surface area (Å²) in [5.74, 6) is 0.686. The second-order valence-electron chi connectivity index (χ2n) is 26.4. The van der Waals surface area contributed by atoms with E-state index in [0.717, 1.165) is 55.3 Å². The van der Waals surface area contributed by atoms with Gasteiger partial charge in [0.1, 0.15) is 17.6 Å². The van der Waals surface area contributed by atoms with Crippen LogP contribution in [0.4, 0.5) is 4.79 Å². The number of ketones is 4. The molecule has 10 N–H and O–H groups in total. The van der Waals surface area contributed by atoms with Gasteiger partial charge in [0.2, 0.25) is 17.7 Å². The molecule has 5 rings (SSSR count). The van der Waals surface area contributed by atoms with Crippen LogP contribution in [-0.4, -0.2) is 101 Å². The predicted molar refractivity (Wildman–Crippen MR) is 324 cm³/mol. The van der Waals surface area contributed by atoms with Gasteiger partial charge in [-0.15, -0.1) is 0 Å². The van der Waals surface area contributed by atoms with Crippen molar-refractivity contribution in [2.24, 2.45) is 81.3 Å². The molecule has 4 saturated carbocycles. The Labute approximate surface area is 495 Å². The zero-order valence-corrected chi connectivity index (χ0v) is 51.9. The molecule has 4 aliphatic rings. The Balaban J connectivity index is 1.19. The van der Waals surface area contributed by atoms with Crippen LogP contribution >= 0.6 is 11.8 Å². The van der Waals surface area contributed by atoms with Gasteiger partial charge in [0.15, 0.2) is 17.3 Å². The first-order valence-corrected chi connectivity index (χ1v) is 33.0. The van der Waals surface area contributed by atoms with Crippen LogP contribution in [0.25, 0.3) is 0 Å². The first-order valence-electron chi connectivity index (χ1n) is 31.6. The molecule has 0 bridgehead atoms. The number of unbranched alkanes of at least 4 members (excludes halogenated alkanes) is 2. The van der Waals surface area contributed by atoms with E-state index < -0.39 is 66.0 Å². The fraction of sp³-hybridized carbons (Fsp3) is 0.785. The van der Waals surface area contributed by atoms with E-state index in [-0.39, 0.29) is 79.6 Å². The van der Waals surface area contributed by atoms with Crippen molar-refractivity contribution in [3.05, 3.63) is 29.8 Å². The Morgan fingerprint density at radius 2 is 1.32 bits per heavy atom. The third kappa shape index (κ3) is 19.9. The number of phenols is 1. The summed E-state index contributed by atoms with van der Waals surface area (Å²) in [5.41, 5.74) is 18.2. The minimum absolute atomic E-state index is 0.00289. The average Bonchev–Trinajstić information content (AvgIpc) is 3.85. The highest BCUT2D eigenvalue weighted by atomic mass is 32.2. The molecule has 82 heavy (non-hydrogen) atoms. The van der Waals surface area contributed by atoms with Gasteiger partial charge >= 0.3 is 6.09 Å². The highest BCUT2D eigenvalue weighted by Crippen LogP contribution is 2.68. The van der Waals surface area contributed by atoms with Crippen LogP contribution < -0.4 is 33.2 Å². The fourth-order valence-electron chi connectivity index (χ4n) is 15.5. The molecule has 1 aromatic rings. The minimum atomic E-state index is -1.19. The predicted octanol–water partition coefficient (Wildman–Crippen LogP) is 9.85. The molecule has 14 atom stereocenters. The van der Waals surface area contributed by atoms with Crippen LogP contribution in [0.2, 0.25) is 0 Å². The van der Waals surface area contributed by atoms with E-state index in [0.29, 0.717) is 80.2 Å². The average molecular weight is 1160 g/mol. The summed E-state index contributed by atoms with van der Waals surface area (Å²) < 4.78 is 6.16. The number of Topliss-reactive ketones (excluding diaryl/α,β-unsaturated/α-hetero) is 4.